The lowest BCUT2D eigenvalue weighted by molar-refractivity contribution is -0.139. The number of rotatable bonds is 10. The Kier molecular flexibility index (Phi) is 7.64. The van der Waals surface area contributed by atoms with Gasteiger partial charge in [0, 0.05) is 31.9 Å². The maximum Gasteiger partial charge on any atom is 0.320 e. The fourth-order valence-electron chi connectivity index (χ4n) is 2.16. The number of amides is 1. The van der Waals surface area contributed by atoms with Crippen molar-refractivity contribution in [2.45, 2.75) is 37.8 Å². The molecule has 0 spiro atoms. The zero-order chi connectivity index (χ0) is 16.5. The number of carboxylic acid groups (broad SMARTS) is 1. The van der Waals surface area contributed by atoms with Crippen molar-refractivity contribution in [1.29, 1.82) is 0 Å². The van der Waals surface area contributed by atoms with Gasteiger partial charge in [-0.2, -0.15) is 0 Å². The van der Waals surface area contributed by atoms with Crippen LogP contribution in [-0.4, -0.2) is 54.7 Å². The maximum atomic E-state index is 11.4. The molecule has 0 aromatic heterocycles. The predicted octanol–water partition coefficient (Wildman–Crippen LogP) is -1.54. The Bertz CT molecular complexity index is 415. The number of carboxylic acids is 1. The summed E-state index contributed by atoms with van der Waals surface area (Å²) in [6.07, 6.45) is 4.53. The molecule has 2 atom stereocenters. The van der Waals surface area contributed by atoms with Crippen LogP contribution in [0.25, 0.3) is 0 Å². The molecule has 0 radical (unpaired) electrons. The number of hydrazine groups is 2. The number of nitrogens with one attached hydrogen (secondary N) is 4. The van der Waals surface area contributed by atoms with Crippen LogP contribution in [0.5, 0.6) is 0 Å². The molecule has 0 aliphatic carbocycles. The third-order valence-electron chi connectivity index (χ3n) is 3.48. The maximum absolute atomic E-state index is 11.4. The van der Waals surface area contributed by atoms with E-state index in [0.717, 1.165) is 25.1 Å². The van der Waals surface area contributed by atoms with E-state index < -0.39 is 18.1 Å². The fourth-order valence-corrected chi connectivity index (χ4v) is 2.16. The van der Waals surface area contributed by atoms with E-state index >= 15 is 0 Å². The first-order valence-corrected chi connectivity index (χ1v) is 7.34. The quantitative estimate of drug-likeness (QED) is 0.267. The van der Waals surface area contributed by atoms with E-state index in [0.29, 0.717) is 12.8 Å². The third-order valence-corrected chi connectivity index (χ3v) is 3.48. The highest BCUT2D eigenvalue weighted by molar-refractivity contribution is 5.81. The smallest absolute Gasteiger partial charge is 0.320 e. The molecule has 0 bridgehead atoms. The molecule has 0 saturated heterocycles. The van der Waals surface area contributed by atoms with Crippen LogP contribution in [0.3, 0.4) is 0 Å². The molecule has 1 aliphatic heterocycles. The Hall–Kier alpha value is -1.84. The van der Waals surface area contributed by atoms with Gasteiger partial charge in [0.25, 0.3) is 0 Å². The molecule has 0 fully saturated rings. The molecular formula is C13H26N6O3. The van der Waals surface area contributed by atoms with Crippen molar-refractivity contribution < 1.29 is 14.7 Å². The van der Waals surface area contributed by atoms with Crippen LogP contribution in [0, 0.1) is 0 Å². The van der Waals surface area contributed by atoms with Crippen LogP contribution in [0.15, 0.2) is 11.9 Å². The lowest BCUT2D eigenvalue weighted by Crippen LogP contribution is -2.41. The summed E-state index contributed by atoms with van der Waals surface area (Å²) >= 11 is 0. The van der Waals surface area contributed by atoms with Gasteiger partial charge in [-0.3, -0.25) is 14.6 Å². The molecule has 0 aromatic rings. The second-order valence-corrected chi connectivity index (χ2v) is 5.18. The van der Waals surface area contributed by atoms with Gasteiger partial charge in [0.1, 0.15) is 6.04 Å². The van der Waals surface area contributed by atoms with Crippen LogP contribution >= 0.6 is 0 Å². The molecule has 7 N–H and O–H groups in total. The topological polar surface area (TPSA) is 132 Å². The van der Waals surface area contributed by atoms with Gasteiger partial charge in [0.2, 0.25) is 5.91 Å². The van der Waals surface area contributed by atoms with Crippen molar-refractivity contribution in [3.8, 4) is 0 Å². The van der Waals surface area contributed by atoms with Gasteiger partial charge in [-0.1, -0.05) is 0 Å². The van der Waals surface area contributed by atoms with Crippen molar-refractivity contribution in [3.63, 3.8) is 0 Å². The van der Waals surface area contributed by atoms with Gasteiger partial charge in [0.05, 0.1) is 6.04 Å². The number of aliphatic carboxylic acids is 1. The number of likely N-dealkylation sites (N-methyl/N-ethyl adjacent to an activating group) is 2. The minimum atomic E-state index is -0.825. The highest BCUT2D eigenvalue weighted by Gasteiger charge is 2.18. The second-order valence-electron chi connectivity index (χ2n) is 5.18. The number of hydrogen-bond acceptors (Lipinski definition) is 7. The Morgan fingerprint density at radius 3 is 2.73 bits per heavy atom. The van der Waals surface area contributed by atoms with E-state index in [-0.39, 0.29) is 5.91 Å². The highest BCUT2D eigenvalue weighted by atomic mass is 16.4. The summed E-state index contributed by atoms with van der Waals surface area (Å²) in [5.74, 6) is -1.03. The monoisotopic (exact) mass is 314 g/mol. The minimum absolute atomic E-state index is 0.201. The van der Waals surface area contributed by atoms with Crippen LogP contribution in [0.2, 0.25) is 0 Å². The molecule has 9 heteroatoms. The molecule has 1 heterocycles. The summed E-state index contributed by atoms with van der Waals surface area (Å²) < 4.78 is 0. The van der Waals surface area contributed by atoms with Crippen LogP contribution in [-0.2, 0) is 9.59 Å². The Labute approximate surface area is 130 Å². The van der Waals surface area contributed by atoms with E-state index in [1.54, 1.807) is 14.1 Å². The Balaban J connectivity index is 2.25. The van der Waals surface area contributed by atoms with Crippen molar-refractivity contribution >= 4 is 11.9 Å². The molecule has 1 amide bonds. The SMILES string of the molecule is CNC(=O)C(N)CC1=CN(CCCCC(NC)C(=O)O)NN1. The summed E-state index contributed by atoms with van der Waals surface area (Å²) in [5.41, 5.74) is 12.5. The normalized spacial score (nSPS) is 16.7. The molecule has 126 valence electrons. The average Bonchev–Trinajstić information content (AvgIpc) is 2.93. The molecule has 9 nitrogen and oxygen atoms in total. The molecule has 2 unspecified atom stereocenters. The number of nitrogens with zero attached hydrogens (tertiary/aromatic N) is 1. The molecule has 1 rings (SSSR count). The largest absolute Gasteiger partial charge is 0.480 e. The molecule has 0 saturated carbocycles. The van der Waals surface area contributed by atoms with E-state index in [2.05, 4.69) is 21.6 Å². The van der Waals surface area contributed by atoms with Crippen molar-refractivity contribution in [2.24, 2.45) is 5.73 Å². The van der Waals surface area contributed by atoms with E-state index in [1.165, 1.54) is 0 Å². The van der Waals surface area contributed by atoms with Gasteiger partial charge in [-0.05, 0) is 26.3 Å². The van der Waals surface area contributed by atoms with Crippen LogP contribution < -0.4 is 27.3 Å². The molecule has 1 aliphatic rings. The Morgan fingerprint density at radius 2 is 2.14 bits per heavy atom. The van der Waals surface area contributed by atoms with E-state index in [4.69, 9.17) is 10.8 Å². The summed E-state index contributed by atoms with van der Waals surface area (Å²) in [4.78, 5) is 22.2. The summed E-state index contributed by atoms with van der Waals surface area (Å²) in [6, 6.07) is -1.08. The number of carbonyl (C=O) groups is 2. The van der Waals surface area contributed by atoms with Crippen LogP contribution in [0.1, 0.15) is 25.7 Å². The van der Waals surface area contributed by atoms with Gasteiger partial charge < -0.3 is 26.9 Å². The lowest BCUT2D eigenvalue weighted by Gasteiger charge is -2.16. The first-order chi connectivity index (χ1) is 10.5. The number of nitrogens with two attached hydrogens (primary N) is 1. The standard InChI is InChI=1S/C13H26N6O3/c1-15-11(13(21)22)5-3-4-6-19-8-9(17-18-19)7-10(14)12(20)16-2/h8,10-11,15,17-18H,3-7,14H2,1-2H3,(H,16,20)(H,21,22). The average molecular weight is 314 g/mol. The number of unbranched alkanes of at least 4 members (excludes halogenated alkanes) is 1. The van der Waals surface area contributed by atoms with E-state index in [1.807, 2.05) is 11.2 Å². The lowest BCUT2D eigenvalue weighted by atomic mass is 10.1. The van der Waals surface area contributed by atoms with Gasteiger partial charge in [-0.25, -0.2) is 0 Å². The zero-order valence-electron chi connectivity index (χ0n) is 13.1. The van der Waals surface area contributed by atoms with Gasteiger partial charge >= 0.3 is 5.97 Å². The van der Waals surface area contributed by atoms with Gasteiger partial charge in [-0.15, -0.1) is 5.53 Å². The minimum Gasteiger partial charge on any atom is -0.480 e. The number of carbonyl (C=O) groups excluding carboxylic acids is 1. The molecule has 22 heavy (non-hydrogen) atoms. The fraction of sp³-hybridized carbons (Fsp3) is 0.692. The first kappa shape index (κ1) is 18.2. The summed E-state index contributed by atoms with van der Waals surface area (Å²) in [5, 5.41) is 16.1. The predicted molar refractivity (Wildman–Crippen MR) is 82.1 cm³/mol. The van der Waals surface area contributed by atoms with Crippen molar-refractivity contribution in [3.05, 3.63) is 11.9 Å². The summed E-state index contributed by atoms with van der Waals surface area (Å²) in [7, 11) is 3.20. The van der Waals surface area contributed by atoms with Crippen molar-refractivity contribution in [1.82, 2.24) is 26.6 Å². The molecular weight excluding hydrogens is 288 g/mol. The van der Waals surface area contributed by atoms with Gasteiger partial charge in [0.15, 0.2) is 0 Å². The first-order valence-electron chi connectivity index (χ1n) is 7.34. The zero-order valence-corrected chi connectivity index (χ0v) is 13.1. The van der Waals surface area contributed by atoms with E-state index in [9.17, 15) is 9.59 Å². The van der Waals surface area contributed by atoms with Crippen molar-refractivity contribution in [2.75, 3.05) is 20.6 Å². The molecule has 0 aromatic carbocycles. The third kappa shape index (κ3) is 5.88. The van der Waals surface area contributed by atoms with Crippen LogP contribution in [0.4, 0.5) is 0 Å². The summed E-state index contributed by atoms with van der Waals surface area (Å²) in [6.45, 7) is 0.738. The number of hydrogen-bond donors (Lipinski definition) is 6. The Morgan fingerprint density at radius 1 is 1.41 bits per heavy atom. The highest BCUT2D eigenvalue weighted by Crippen LogP contribution is 2.08. The second kappa shape index (κ2) is 9.23.